The average Bonchev–Trinajstić information content (AvgIpc) is 2.70. The molecule has 0 saturated carbocycles. The van der Waals surface area contributed by atoms with Crippen LogP contribution in [0.1, 0.15) is 38.7 Å². The molecule has 0 aliphatic rings. The van der Waals surface area contributed by atoms with E-state index < -0.39 is 0 Å². The molecule has 0 aliphatic heterocycles. The maximum atomic E-state index is 11.7. The highest BCUT2D eigenvalue weighted by atomic mass is 16.1. The standard InChI is InChI=1S/C13H24N4O/c1-13(2,6-7-14)5-4-12(18)15-8-11-9-16-17(3)10-11/h9-10H,4-8,14H2,1-3H3,(H,15,18). The number of amides is 1. The van der Waals surface area contributed by atoms with Crippen molar-refractivity contribution in [3.63, 3.8) is 0 Å². The van der Waals surface area contributed by atoms with Gasteiger partial charge in [-0.25, -0.2) is 0 Å². The van der Waals surface area contributed by atoms with Crippen molar-refractivity contribution in [3.05, 3.63) is 18.0 Å². The van der Waals surface area contributed by atoms with Crippen molar-refractivity contribution >= 4 is 5.91 Å². The van der Waals surface area contributed by atoms with Gasteiger partial charge in [-0.1, -0.05) is 13.8 Å². The van der Waals surface area contributed by atoms with Gasteiger partial charge in [0.05, 0.1) is 6.20 Å². The van der Waals surface area contributed by atoms with Crippen molar-refractivity contribution in [1.82, 2.24) is 15.1 Å². The van der Waals surface area contributed by atoms with Crippen LogP contribution >= 0.6 is 0 Å². The van der Waals surface area contributed by atoms with E-state index in [1.807, 2.05) is 13.2 Å². The summed E-state index contributed by atoms with van der Waals surface area (Å²) < 4.78 is 1.73. The zero-order valence-corrected chi connectivity index (χ0v) is 11.6. The van der Waals surface area contributed by atoms with Crippen LogP contribution in [0, 0.1) is 5.41 Å². The van der Waals surface area contributed by atoms with Gasteiger partial charge in [-0.05, 0) is 24.8 Å². The third kappa shape index (κ3) is 5.31. The van der Waals surface area contributed by atoms with Crippen molar-refractivity contribution in [3.8, 4) is 0 Å². The summed E-state index contributed by atoms with van der Waals surface area (Å²) in [6.45, 7) is 5.51. The zero-order chi connectivity index (χ0) is 13.6. The molecule has 18 heavy (non-hydrogen) atoms. The highest BCUT2D eigenvalue weighted by Crippen LogP contribution is 2.25. The van der Waals surface area contributed by atoms with E-state index in [1.54, 1.807) is 10.9 Å². The highest BCUT2D eigenvalue weighted by Gasteiger charge is 2.18. The second-order valence-corrected chi connectivity index (χ2v) is 5.50. The monoisotopic (exact) mass is 252 g/mol. The number of rotatable bonds is 7. The van der Waals surface area contributed by atoms with Gasteiger partial charge in [-0.3, -0.25) is 9.48 Å². The minimum atomic E-state index is 0.0870. The number of carbonyl (C=O) groups is 1. The lowest BCUT2D eigenvalue weighted by Gasteiger charge is -2.23. The molecule has 0 bridgehead atoms. The van der Waals surface area contributed by atoms with Crippen LogP contribution < -0.4 is 11.1 Å². The molecule has 0 fully saturated rings. The second-order valence-electron chi connectivity index (χ2n) is 5.50. The molecule has 0 atom stereocenters. The molecule has 1 aromatic heterocycles. The van der Waals surface area contributed by atoms with Crippen molar-refractivity contribution in [2.24, 2.45) is 18.2 Å². The number of hydrogen-bond acceptors (Lipinski definition) is 3. The SMILES string of the molecule is Cn1cc(CNC(=O)CCC(C)(C)CCN)cn1. The fourth-order valence-corrected chi connectivity index (χ4v) is 1.82. The zero-order valence-electron chi connectivity index (χ0n) is 11.6. The van der Waals surface area contributed by atoms with E-state index in [9.17, 15) is 4.79 Å². The first-order chi connectivity index (χ1) is 8.43. The molecule has 0 radical (unpaired) electrons. The Labute approximate surface area is 109 Å². The summed E-state index contributed by atoms with van der Waals surface area (Å²) in [6, 6.07) is 0. The van der Waals surface area contributed by atoms with Crippen molar-refractivity contribution in [1.29, 1.82) is 0 Å². The molecule has 102 valence electrons. The first-order valence-electron chi connectivity index (χ1n) is 6.37. The first kappa shape index (κ1) is 14.7. The molecule has 1 rings (SSSR count). The minimum absolute atomic E-state index is 0.0870. The smallest absolute Gasteiger partial charge is 0.220 e. The summed E-state index contributed by atoms with van der Waals surface area (Å²) >= 11 is 0. The summed E-state index contributed by atoms with van der Waals surface area (Å²) in [6.07, 6.45) is 6.02. The second kappa shape index (κ2) is 6.54. The van der Waals surface area contributed by atoms with E-state index in [4.69, 9.17) is 5.73 Å². The van der Waals surface area contributed by atoms with Gasteiger partial charge in [-0.2, -0.15) is 5.10 Å². The Kier molecular flexibility index (Phi) is 5.34. The maximum Gasteiger partial charge on any atom is 0.220 e. The van der Waals surface area contributed by atoms with Gasteiger partial charge in [0.2, 0.25) is 5.91 Å². The number of nitrogens with zero attached hydrogens (tertiary/aromatic N) is 2. The fourth-order valence-electron chi connectivity index (χ4n) is 1.82. The van der Waals surface area contributed by atoms with E-state index in [0.717, 1.165) is 18.4 Å². The lowest BCUT2D eigenvalue weighted by atomic mass is 9.84. The summed E-state index contributed by atoms with van der Waals surface area (Å²) in [4.78, 5) is 11.7. The molecular formula is C13H24N4O. The van der Waals surface area contributed by atoms with E-state index >= 15 is 0 Å². The van der Waals surface area contributed by atoms with Crippen molar-refractivity contribution in [2.45, 2.75) is 39.7 Å². The van der Waals surface area contributed by atoms with Crippen LogP contribution in [0.25, 0.3) is 0 Å². The Hall–Kier alpha value is -1.36. The van der Waals surface area contributed by atoms with Crippen LogP contribution in [0.5, 0.6) is 0 Å². The quantitative estimate of drug-likeness (QED) is 0.765. The van der Waals surface area contributed by atoms with Crippen LogP contribution in [0.15, 0.2) is 12.4 Å². The van der Waals surface area contributed by atoms with Crippen LogP contribution in [-0.2, 0) is 18.4 Å². The highest BCUT2D eigenvalue weighted by molar-refractivity contribution is 5.75. The minimum Gasteiger partial charge on any atom is -0.352 e. The summed E-state index contributed by atoms with van der Waals surface area (Å²) in [7, 11) is 1.86. The molecule has 0 unspecified atom stereocenters. The normalized spacial score (nSPS) is 11.6. The predicted molar refractivity (Wildman–Crippen MR) is 71.7 cm³/mol. The molecular weight excluding hydrogens is 228 g/mol. The third-order valence-corrected chi connectivity index (χ3v) is 3.10. The average molecular weight is 252 g/mol. The Morgan fingerprint density at radius 1 is 1.50 bits per heavy atom. The van der Waals surface area contributed by atoms with Crippen LogP contribution in [0.3, 0.4) is 0 Å². The molecule has 0 saturated heterocycles. The van der Waals surface area contributed by atoms with Gasteiger partial charge in [0.1, 0.15) is 0 Å². The van der Waals surface area contributed by atoms with Gasteiger partial charge in [-0.15, -0.1) is 0 Å². The molecule has 0 spiro atoms. The topological polar surface area (TPSA) is 72.9 Å². The van der Waals surface area contributed by atoms with Gasteiger partial charge in [0, 0.05) is 31.8 Å². The number of hydrogen-bond donors (Lipinski definition) is 2. The van der Waals surface area contributed by atoms with E-state index in [-0.39, 0.29) is 11.3 Å². The Balaban J connectivity index is 2.26. The molecule has 5 nitrogen and oxygen atoms in total. The Morgan fingerprint density at radius 3 is 2.78 bits per heavy atom. The first-order valence-corrected chi connectivity index (χ1v) is 6.37. The molecule has 0 aromatic carbocycles. The van der Waals surface area contributed by atoms with Crippen LogP contribution in [0.4, 0.5) is 0 Å². The largest absolute Gasteiger partial charge is 0.352 e. The van der Waals surface area contributed by atoms with Crippen molar-refractivity contribution in [2.75, 3.05) is 6.54 Å². The number of aromatic nitrogens is 2. The number of nitrogens with two attached hydrogens (primary N) is 1. The van der Waals surface area contributed by atoms with Gasteiger partial charge in [0.15, 0.2) is 0 Å². The number of nitrogens with one attached hydrogen (secondary N) is 1. The predicted octanol–water partition coefficient (Wildman–Crippen LogP) is 1.19. The summed E-state index contributed by atoms with van der Waals surface area (Å²) in [5, 5.41) is 6.96. The van der Waals surface area contributed by atoms with Gasteiger partial charge in [0.25, 0.3) is 0 Å². The van der Waals surface area contributed by atoms with Gasteiger partial charge < -0.3 is 11.1 Å². The van der Waals surface area contributed by atoms with Crippen LogP contribution in [-0.4, -0.2) is 22.2 Å². The number of carbonyl (C=O) groups excluding carboxylic acids is 1. The third-order valence-electron chi connectivity index (χ3n) is 3.10. The summed E-state index contributed by atoms with van der Waals surface area (Å²) in [5.74, 6) is 0.0870. The maximum absolute atomic E-state index is 11.7. The lowest BCUT2D eigenvalue weighted by Crippen LogP contribution is -2.25. The Bertz CT molecular complexity index is 384. The molecule has 1 amide bonds. The van der Waals surface area contributed by atoms with Crippen molar-refractivity contribution < 1.29 is 4.79 Å². The molecule has 5 heteroatoms. The lowest BCUT2D eigenvalue weighted by molar-refractivity contribution is -0.121. The van der Waals surface area contributed by atoms with Crippen LogP contribution in [0.2, 0.25) is 0 Å². The summed E-state index contributed by atoms with van der Waals surface area (Å²) in [5.41, 5.74) is 6.71. The molecule has 1 heterocycles. The Morgan fingerprint density at radius 2 is 2.22 bits per heavy atom. The number of aryl methyl sites for hydroxylation is 1. The molecule has 3 N–H and O–H groups in total. The van der Waals surface area contributed by atoms with Gasteiger partial charge >= 0.3 is 0 Å². The molecule has 1 aromatic rings. The molecule has 0 aliphatic carbocycles. The fraction of sp³-hybridized carbons (Fsp3) is 0.692. The van der Waals surface area contributed by atoms with E-state index in [1.165, 1.54) is 0 Å². The van der Waals surface area contributed by atoms with E-state index in [0.29, 0.717) is 19.5 Å². The van der Waals surface area contributed by atoms with E-state index in [2.05, 4.69) is 24.3 Å².